The smallest absolute Gasteiger partial charge is 0.322 e. The third kappa shape index (κ3) is 3.24. The third-order valence-corrected chi connectivity index (χ3v) is 4.02. The quantitative estimate of drug-likeness (QED) is 0.769. The fourth-order valence-electron chi connectivity index (χ4n) is 1.58. The Balaban J connectivity index is 1.76. The van der Waals surface area contributed by atoms with E-state index in [1.165, 1.54) is 11.3 Å². The molecule has 0 unspecified atom stereocenters. The summed E-state index contributed by atoms with van der Waals surface area (Å²) in [6.45, 7) is 0. The molecule has 0 fully saturated rings. The average molecular weight is 340 g/mol. The molecule has 0 atom stereocenters. The number of hydrogen-bond donors (Lipinski definition) is 1. The van der Waals surface area contributed by atoms with Crippen molar-refractivity contribution in [3.63, 3.8) is 0 Å². The van der Waals surface area contributed by atoms with E-state index < -0.39 is 0 Å². The zero-order valence-corrected chi connectivity index (χ0v) is 12.7. The molecule has 0 spiro atoms. The molecule has 1 N–H and O–H groups in total. The summed E-state index contributed by atoms with van der Waals surface area (Å²) in [6, 6.07) is 10.2. The van der Waals surface area contributed by atoms with Crippen LogP contribution in [0, 0.1) is 0 Å². The number of carbonyl (C=O) groups excluding carboxylic acids is 1. The maximum atomic E-state index is 11.9. The Labute approximate surface area is 133 Å². The first kappa shape index (κ1) is 14.1. The summed E-state index contributed by atoms with van der Waals surface area (Å²) in [5, 5.41) is 10.8. The molecule has 5 nitrogen and oxygen atoms in total. The first-order valence-corrected chi connectivity index (χ1v) is 7.35. The van der Waals surface area contributed by atoms with Crippen molar-refractivity contribution in [2.45, 2.75) is 0 Å². The van der Waals surface area contributed by atoms with E-state index >= 15 is 0 Å². The van der Waals surface area contributed by atoms with Crippen molar-refractivity contribution >= 4 is 46.5 Å². The molecular formula is C13H7Cl2N3O2S. The van der Waals surface area contributed by atoms with Crippen LogP contribution in [0.2, 0.25) is 9.36 Å². The van der Waals surface area contributed by atoms with Crippen LogP contribution < -0.4 is 5.32 Å². The maximum Gasteiger partial charge on any atom is 0.322 e. The molecule has 0 saturated carbocycles. The second-order valence-corrected chi connectivity index (χ2v) is 6.13. The lowest BCUT2D eigenvalue weighted by molar-refractivity contribution is 0.102. The van der Waals surface area contributed by atoms with Crippen LogP contribution in [0.25, 0.3) is 11.5 Å². The van der Waals surface area contributed by atoms with E-state index in [1.807, 2.05) is 0 Å². The SMILES string of the molecule is O=C(Nc1nnc(-c2ccc(Cl)cc2)o1)c1ccc(Cl)s1. The number of thiophene rings is 1. The summed E-state index contributed by atoms with van der Waals surface area (Å²) < 4.78 is 5.92. The molecule has 0 saturated heterocycles. The van der Waals surface area contributed by atoms with Crippen LogP contribution in [-0.4, -0.2) is 16.1 Å². The molecule has 2 heterocycles. The molecule has 0 aliphatic rings. The van der Waals surface area contributed by atoms with E-state index in [-0.39, 0.29) is 11.9 Å². The van der Waals surface area contributed by atoms with Gasteiger partial charge in [0.2, 0.25) is 5.89 Å². The van der Waals surface area contributed by atoms with Crippen molar-refractivity contribution in [2.24, 2.45) is 0 Å². The lowest BCUT2D eigenvalue weighted by atomic mass is 10.2. The Hall–Kier alpha value is -1.89. The van der Waals surface area contributed by atoms with Gasteiger partial charge in [0.1, 0.15) is 0 Å². The first-order chi connectivity index (χ1) is 10.1. The fraction of sp³-hybridized carbons (Fsp3) is 0. The Kier molecular flexibility index (Phi) is 3.92. The second kappa shape index (κ2) is 5.85. The van der Waals surface area contributed by atoms with E-state index in [9.17, 15) is 4.79 Å². The van der Waals surface area contributed by atoms with Gasteiger partial charge in [-0.3, -0.25) is 10.1 Å². The van der Waals surface area contributed by atoms with Gasteiger partial charge in [-0.15, -0.1) is 16.4 Å². The number of halogens is 2. The van der Waals surface area contributed by atoms with Crippen LogP contribution in [0.4, 0.5) is 6.01 Å². The number of benzene rings is 1. The number of amides is 1. The van der Waals surface area contributed by atoms with Gasteiger partial charge in [0.25, 0.3) is 5.91 Å². The van der Waals surface area contributed by atoms with Crippen LogP contribution in [0.3, 0.4) is 0 Å². The van der Waals surface area contributed by atoms with Crippen LogP contribution >= 0.6 is 34.5 Å². The molecule has 0 bridgehead atoms. The number of anilines is 1. The van der Waals surface area contributed by atoms with E-state index in [1.54, 1.807) is 36.4 Å². The summed E-state index contributed by atoms with van der Waals surface area (Å²) >= 11 is 12.8. The van der Waals surface area contributed by atoms with Crippen LogP contribution in [0.15, 0.2) is 40.8 Å². The van der Waals surface area contributed by atoms with Crippen molar-refractivity contribution in [1.29, 1.82) is 0 Å². The minimum absolute atomic E-state index is 0.0227. The summed E-state index contributed by atoms with van der Waals surface area (Å²) in [7, 11) is 0. The highest BCUT2D eigenvalue weighted by Gasteiger charge is 2.14. The first-order valence-electron chi connectivity index (χ1n) is 5.78. The molecule has 3 rings (SSSR count). The number of nitrogens with one attached hydrogen (secondary N) is 1. The predicted octanol–water partition coefficient (Wildman–Crippen LogP) is 4.36. The molecule has 1 aromatic carbocycles. The van der Waals surface area contributed by atoms with Gasteiger partial charge in [-0.1, -0.05) is 28.3 Å². The van der Waals surface area contributed by atoms with Gasteiger partial charge in [-0.05, 0) is 36.4 Å². The van der Waals surface area contributed by atoms with Gasteiger partial charge in [0.15, 0.2) is 0 Å². The van der Waals surface area contributed by atoms with Crippen LogP contribution in [0.1, 0.15) is 9.67 Å². The van der Waals surface area contributed by atoms with Gasteiger partial charge in [0.05, 0.1) is 9.21 Å². The number of hydrogen-bond acceptors (Lipinski definition) is 5. The van der Waals surface area contributed by atoms with Crippen LogP contribution in [0.5, 0.6) is 0 Å². The molecule has 2 aromatic heterocycles. The summed E-state index contributed by atoms with van der Waals surface area (Å²) in [4.78, 5) is 12.4. The highest BCUT2D eigenvalue weighted by molar-refractivity contribution is 7.18. The minimum Gasteiger partial charge on any atom is -0.403 e. The topological polar surface area (TPSA) is 68.0 Å². The van der Waals surface area contributed by atoms with Gasteiger partial charge in [-0.25, -0.2) is 0 Å². The number of aromatic nitrogens is 2. The normalized spacial score (nSPS) is 10.6. The predicted molar refractivity (Wildman–Crippen MR) is 82.0 cm³/mol. The second-order valence-electron chi connectivity index (χ2n) is 3.98. The molecule has 8 heteroatoms. The molecule has 106 valence electrons. The monoisotopic (exact) mass is 339 g/mol. The van der Waals surface area contributed by atoms with E-state index in [0.717, 1.165) is 0 Å². The van der Waals surface area contributed by atoms with Crippen molar-refractivity contribution < 1.29 is 9.21 Å². The number of carbonyl (C=O) groups is 1. The van der Waals surface area contributed by atoms with E-state index in [4.69, 9.17) is 27.6 Å². The lowest BCUT2D eigenvalue weighted by Gasteiger charge is -1.96. The van der Waals surface area contributed by atoms with E-state index in [0.29, 0.717) is 25.7 Å². The molecule has 0 radical (unpaired) electrons. The van der Waals surface area contributed by atoms with Crippen LogP contribution in [-0.2, 0) is 0 Å². The molecule has 21 heavy (non-hydrogen) atoms. The Morgan fingerprint density at radius 1 is 1.10 bits per heavy atom. The number of nitrogens with zero attached hydrogens (tertiary/aromatic N) is 2. The molecule has 1 amide bonds. The Morgan fingerprint density at radius 2 is 1.86 bits per heavy atom. The summed E-state index contributed by atoms with van der Waals surface area (Å²) in [5.74, 6) is -0.0515. The molecule has 0 aliphatic heterocycles. The van der Waals surface area contributed by atoms with Gasteiger partial charge in [0, 0.05) is 10.6 Å². The molecular weight excluding hydrogens is 333 g/mol. The van der Waals surface area contributed by atoms with Gasteiger partial charge >= 0.3 is 6.01 Å². The molecule has 3 aromatic rings. The summed E-state index contributed by atoms with van der Waals surface area (Å²) in [6.07, 6.45) is 0. The highest BCUT2D eigenvalue weighted by atomic mass is 35.5. The zero-order chi connectivity index (χ0) is 14.8. The average Bonchev–Trinajstić information content (AvgIpc) is 3.09. The van der Waals surface area contributed by atoms with Crippen molar-refractivity contribution in [2.75, 3.05) is 5.32 Å². The standard InChI is InChI=1S/C13H7Cl2N3O2S/c14-8-3-1-7(2-4-8)12-17-18-13(20-12)16-11(19)9-5-6-10(15)21-9/h1-6H,(H,16,18,19). The third-order valence-electron chi connectivity index (χ3n) is 2.53. The summed E-state index contributed by atoms with van der Waals surface area (Å²) in [5.41, 5.74) is 0.714. The maximum absolute atomic E-state index is 11.9. The highest BCUT2D eigenvalue weighted by Crippen LogP contribution is 2.24. The van der Waals surface area contributed by atoms with Crippen molar-refractivity contribution in [3.05, 3.63) is 50.6 Å². The van der Waals surface area contributed by atoms with E-state index in [2.05, 4.69) is 15.5 Å². The largest absolute Gasteiger partial charge is 0.403 e. The van der Waals surface area contributed by atoms with Gasteiger partial charge < -0.3 is 4.42 Å². The minimum atomic E-state index is -0.349. The van der Waals surface area contributed by atoms with Gasteiger partial charge in [-0.2, -0.15) is 0 Å². The Morgan fingerprint density at radius 3 is 2.52 bits per heavy atom. The lowest BCUT2D eigenvalue weighted by Crippen LogP contribution is -2.10. The number of rotatable bonds is 3. The molecule has 0 aliphatic carbocycles. The zero-order valence-electron chi connectivity index (χ0n) is 10.3. The Bertz CT molecular complexity index is 783. The van der Waals surface area contributed by atoms with Crippen molar-refractivity contribution in [1.82, 2.24) is 10.2 Å². The fourth-order valence-corrected chi connectivity index (χ4v) is 2.64. The van der Waals surface area contributed by atoms with Crippen molar-refractivity contribution in [3.8, 4) is 11.5 Å².